The lowest BCUT2D eigenvalue weighted by molar-refractivity contribution is 0.102. The van der Waals surface area contributed by atoms with Gasteiger partial charge in [0.25, 0.3) is 11.8 Å². The first-order valence-corrected chi connectivity index (χ1v) is 14.7. The fourth-order valence-electron chi connectivity index (χ4n) is 5.13. The number of carboxylic acid groups (broad SMARTS) is 1. The van der Waals surface area contributed by atoms with Crippen molar-refractivity contribution in [1.29, 1.82) is 0 Å². The average molecular weight is 605 g/mol. The second-order valence-electron chi connectivity index (χ2n) is 10.3. The van der Waals surface area contributed by atoms with Crippen LogP contribution in [0.25, 0.3) is 10.1 Å². The Morgan fingerprint density at radius 2 is 1.70 bits per heavy atom. The van der Waals surface area contributed by atoms with Crippen LogP contribution in [0.2, 0.25) is 0 Å². The minimum atomic E-state index is -0.888. The number of anilines is 2. The van der Waals surface area contributed by atoms with E-state index in [2.05, 4.69) is 15.5 Å². The molecule has 0 bridgehead atoms. The van der Waals surface area contributed by atoms with Gasteiger partial charge in [-0.3, -0.25) is 14.5 Å². The van der Waals surface area contributed by atoms with Crippen LogP contribution in [0.5, 0.6) is 11.5 Å². The van der Waals surface area contributed by atoms with Crippen LogP contribution in [0.4, 0.5) is 20.6 Å². The van der Waals surface area contributed by atoms with Crippen molar-refractivity contribution in [2.45, 2.75) is 13.0 Å². The van der Waals surface area contributed by atoms with Crippen LogP contribution < -0.4 is 20.1 Å². The highest BCUT2D eigenvalue weighted by Crippen LogP contribution is 2.32. The van der Waals surface area contributed by atoms with E-state index in [4.69, 9.17) is 9.47 Å². The van der Waals surface area contributed by atoms with E-state index in [1.807, 2.05) is 18.2 Å². The van der Waals surface area contributed by atoms with Gasteiger partial charge in [-0.15, -0.1) is 11.3 Å². The quantitative estimate of drug-likeness (QED) is 0.266. The lowest BCUT2D eigenvalue weighted by atomic mass is 10.1. The Balaban J connectivity index is 1.11. The van der Waals surface area contributed by atoms with Gasteiger partial charge < -0.3 is 30.1 Å². The van der Waals surface area contributed by atoms with Crippen molar-refractivity contribution in [2.24, 2.45) is 0 Å². The molecule has 1 saturated heterocycles. The largest absolute Gasteiger partial charge is 0.486 e. The molecule has 0 aliphatic carbocycles. The third-order valence-corrected chi connectivity index (χ3v) is 8.45. The van der Waals surface area contributed by atoms with Crippen LogP contribution in [0.15, 0.2) is 60.7 Å². The van der Waals surface area contributed by atoms with Gasteiger partial charge in [-0.2, -0.15) is 0 Å². The fourth-order valence-corrected chi connectivity index (χ4v) is 6.16. The number of carbonyl (C=O) groups is 3. The molecular weight excluding hydrogens is 575 g/mol. The molecule has 0 unspecified atom stereocenters. The summed E-state index contributed by atoms with van der Waals surface area (Å²) >= 11 is 1.31. The Bertz CT molecular complexity index is 1710. The Morgan fingerprint density at radius 3 is 2.53 bits per heavy atom. The molecule has 43 heavy (non-hydrogen) atoms. The maximum absolute atomic E-state index is 14.7. The number of hydrogen-bond acceptors (Lipinski definition) is 7. The molecule has 10 nitrogen and oxygen atoms in total. The topological polar surface area (TPSA) is 120 Å². The van der Waals surface area contributed by atoms with Crippen molar-refractivity contribution < 1.29 is 33.4 Å². The van der Waals surface area contributed by atoms with E-state index in [0.717, 1.165) is 28.6 Å². The van der Waals surface area contributed by atoms with E-state index in [0.29, 0.717) is 67.0 Å². The van der Waals surface area contributed by atoms with Gasteiger partial charge in [0, 0.05) is 48.7 Å². The second kappa shape index (κ2) is 12.3. The Morgan fingerprint density at radius 1 is 0.860 bits per heavy atom. The molecule has 12 heteroatoms. The highest BCUT2D eigenvalue weighted by molar-refractivity contribution is 7.20. The first kappa shape index (κ1) is 28.4. The van der Waals surface area contributed by atoms with Gasteiger partial charge in [-0.05, 0) is 65.9 Å². The fraction of sp³-hybridized carbons (Fsp3) is 0.258. The first-order valence-electron chi connectivity index (χ1n) is 13.9. The summed E-state index contributed by atoms with van der Waals surface area (Å²) in [5.41, 5.74) is 1.68. The zero-order valence-electron chi connectivity index (χ0n) is 23.1. The maximum atomic E-state index is 14.7. The van der Waals surface area contributed by atoms with Gasteiger partial charge >= 0.3 is 6.09 Å². The molecule has 3 heterocycles. The number of nitrogens with zero attached hydrogens (tertiary/aromatic N) is 2. The summed E-state index contributed by atoms with van der Waals surface area (Å²) in [6.45, 7) is 3.99. The van der Waals surface area contributed by atoms with Crippen molar-refractivity contribution in [3.05, 3.63) is 82.5 Å². The number of halogens is 1. The van der Waals surface area contributed by atoms with Gasteiger partial charge in [0.1, 0.15) is 19.0 Å². The van der Waals surface area contributed by atoms with Crippen molar-refractivity contribution in [3.8, 4) is 11.5 Å². The molecular formula is C31H29FN4O6S. The Hall–Kier alpha value is -4.68. The van der Waals surface area contributed by atoms with Gasteiger partial charge in [0.05, 0.1) is 10.6 Å². The molecule has 2 aliphatic rings. The minimum absolute atomic E-state index is 0.0558. The third kappa shape index (κ3) is 6.55. The zero-order chi connectivity index (χ0) is 29.9. The monoisotopic (exact) mass is 604 g/mol. The number of carbonyl (C=O) groups excluding carboxylic acids is 2. The Labute approximate surface area is 250 Å². The molecule has 6 rings (SSSR count). The number of ether oxygens (including phenoxy) is 2. The summed E-state index contributed by atoms with van der Waals surface area (Å²) in [6.07, 6.45) is -0.113. The van der Waals surface area contributed by atoms with Crippen LogP contribution in [0.3, 0.4) is 0 Å². The molecule has 0 radical (unpaired) electrons. The number of thiophene rings is 1. The SMILES string of the molecule is O=C(Nc1ccc(F)c(NC(=O)c2cc3ccc(CN4CCCN(C(=O)O)CC4)cc3s2)c1)c1ccc2c(c1)OCCO2. The summed E-state index contributed by atoms with van der Waals surface area (Å²) < 4.78 is 26.6. The molecule has 1 fully saturated rings. The van der Waals surface area contributed by atoms with E-state index in [-0.39, 0.29) is 5.69 Å². The van der Waals surface area contributed by atoms with E-state index in [1.54, 1.807) is 24.3 Å². The molecule has 0 atom stereocenters. The van der Waals surface area contributed by atoms with Crippen molar-refractivity contribution in [3.63, 3.8) is 0 Å². The molecule has 3 N–H and O–H groups in total. The minimum Gasteiger partial charge on any atom is -0.486 e. The number of nitrogens with one attached hydrogen (secondary N) is 2. The zero-order valence-corrected chi connectivity index (χ0v) is 23.9. The van der Waals surface area contributed by atoms with Crippen molar-refractivity contribution in [2.75, 3.05) is 50.0 Å². The van der Waals surface area contributed by atoms with Gasteiger partial charge in [0.15, 0.2) is 11.5 Å². The van der Waals surface area contributed by atoms with Crippen molar-refractivity contribution in [1.82, 2.24) is 9.80 Å². The molecule has 3 amide bonds. The predicted octanol–water partition coefficient (Wildman–Crippen LogP) is 5.50. The van der Waals surface area contributed by atoms with Gasteiger partial charge in [0.2, 0.25) is 0 Å². The third-order valence-electron chi connectivity index (χ3n) is 7.35. The van der Waals surface area contributed by atoms with Crippen LogP contribution in [-0.4, -0.2) is 72.2 Å². The normalized spacial score (nSPS) is 15.1. The molecule has 3 aromatic carbocycles. The number of fused-ring (bicyclic) bond motifs is 2. The lowest BCUT2D eigenvalue weighted by Gasteiger charge is -2.20. The van der Waals surface area contributed by atoms with E-state index in [1.165, 1.54) is 34.4 Å². The van der Waals surface area contributed by atoms with E-state index >= 15 is 0 Å². The molecule has 1 aromatic heterocycles. The standard InChI is InChI=1S/C31H29FN4O6S/c32-23-6-5-22(33-29(37)21-4-7-25-26(15-21)42-13-12-41-25)17-24(23)34-30(38)28-16-20-3-2-19(14-27(20)43-28)18-35-8-1-9-36(11-10-35)31(39)40/h2-7,14-17H,1,8-13,18H2,(H,33,37)(H,34,38)(H,39,40). The summed E-state index contributed by atoms with van der Waals surface area (Å²) in [6, 6.07) is 16.6. The summed E-state index contributed by atoms with van der Waals surface area (Å²) in [4.78, 5) is 41.3. The van der Waals surface area contributed by atoms with Crippen LogP contribution in [-0.2, 0) is 6.54 Å². The van der Waals surface area contributed by atoms with E-state index in [9.17, 15) is 23.9 Å². The Kier molecular flexibility index (Phi) is 8.12. The van der Waals surface area contributed by atoms with Gasteiger partial charge in [-0.25, -0.2) is 9.18 Å². The highest BCUT2D eigenvalue weighted by atomic mass is 32.1. The molecule has 0 spiro atoms. The average Bonchev–Trinajstić information content (AvgIpc) is 3.29. The lowest BCUT2D eigenvalue weighted by Crippen LogP contribution is -2.33. The number of hydrogen-bond donors (Lipinski definition) is 3. The predicted molar refractivity (Wildman–Crippen MR) is 161 cm³/mol. The molecule has 0 saturated carbocycles. The number of amides is 3. The second-order valence-corrected chi connectivity index (χ2v) is 11.4. The highest BCUT2D eigenvalue weighted by Gasteiger charge is 2.20. The summed E-state index contributed by atoms with van der Waals surface area (Å²) in [5, 5.41) is 15.5. The van der Waals surface area contributed by atoms with Crippen LogP contribution >= 0.6 is 11.3 Å². The van der Waals surface area contributed by atoms with Crippen LogP contribution in [0, 0.1) is 5.82 Å². The van der Waals surface area contributed by atoms with E-state index < -0.39 is 23.7 Å². The summed E-state index contributed by atoms with van der Waals surface area (Å²) in [7, 11) is 0. The first-order chi connectivity index (χ1) is 20.8. The van der Waals surface area contributed by atoms with Gasteiger partial charge in [-0.1, -0.05) is 12.1 Å². The number of rotatable bonds is 6. The molecule has 4 aromatic rings. The summed E-state index contributed by atoms with van der Waals surface area (Å²) in [5.74, 6) is -0.458. The molecule has 222 valence electrons. The maximum Gasteiger partial charge on any atom is 0.407 e. The molecule has 2 aliphatic heterocycles. The van der Waals surface area contributed by atoms with Crippen LogP contribution in [0.1, 0.15) is 32.0 Å². The number of benzene rings is 3. The smallest absolute Gasteiger partial charge is 0.407 e. The van der Waals surface area contributed by atoms with Crippen molar-refractivity contribution >= 4 is 50.7 Å².